The molecule has 0 aliphatic rings. The smallest absolute Gasteiger partial charge is 0.227 e. The second-order valence-electron chi connectivity index (χ2n) is 10.8. The third-order valence-corrected chi connectivity index (χ3v) is 8.25. The molecule has 4 nitrogen and oxygen atoms in total. The van der Waals surface area contributed by atoms with Crippen molar-refractivity contribution in [3.8, 4) is 11.5 Å². The standard InChI is InChI=1S/C39H24N2O2/c1-3-11-25(12-4-1)39-40-33-20-22-36-37(38(33)43-39)32-24-28(19-21-35(32)42-36)41(27-14-5-2-6-15-27)34-23-26-13-7-8-16-29(26)30-17-9-10-18-31(30)34/h1-24H. The van der Waals surface area contributed by atoms with Crippen LogP contribution in [0.4, 0.5) is 17.1 Å². The minimum absolute atomic E-state index is 0.599. The van der Waals surface area contributed by atoms with Gasteiger partial charge in [-0.15, -0.1) is 0 Å². The molecular formula is C39H24N2O2. The molecule has 9 aromatic rings. The molecule has 2 aromatic heterocycles. The van der Waals surface area contributed by atoms with Gasteiger partial charge in [0.2, 0.25) is 5.89 Å². The van der Waals surface area contributed by atoms with E-state index in [1.165, 1.54) is 21.5 Å². The van der Waals surface area contributed by atoms with Crippen molar-refractivity contribution in [2.75, 3.05) is 4.90 Å². The highest BCUT2D eigenvalue weighted by Gasteiger charge is 2.21. The summed E-state index contributed by atoms with van der Waals surface area (Å²) in [6, 6.07) is 50.4. The Hall–Kier alpha value is -5.87. The topological polar surface area (TPSA) is 42.4 Å². The van der Waals surface area contributed by atoms with Crippen LogP contribution in [0.3, 0.4) is 0 Å². The molecule has 43 heavy (non-hydrogen) atoms. The number of fused-ring (bicyclic) bond motifs is 8. The summed E-state index contributed by atoms with van der Waals surface area (Å²) in [5.74, 6) is 0.599. The van der Waals surface area contributed by atoms with Crippen LogP contribution in [-0.4, -0.2) is 4.98 Å². The van der Waals surface area contributed by atoms with E-state index >= 15 is 0 Å². The summed E-state index contributed by atoms with van der Waals surface area (Å²) in [4.78, 5) is 7.15. The molecular weight excluding hydrogens is 528 g/mol. The Morgan fingerprint density at radius 2 is 1.19 bits per heavy atom. The molecule has 0 fully saturated rings. The number of rotatable bonds is 4. The van der Waals surface area contributed by atoms with Crippen LogP contribution in [0, 0.1) is 0 Å². The third-order valence-electron chi connectivity index (χ3n) is 8.25. The summed E-state index contributed by atoms with van der Waals surface area (Å²) in [5.41, 5.74) is 7.28. The molecule has 0 unspecified atom stereocenters. The van der Waals surface area contributed by atoms with Crippen molar-refractivity contribution in [1.29, 1.82) is 0 Å². The fraction of sp³-hybridized carbons (Fsp3) is 0. The molecule has 0 N–H and O–H groups in total. The van der Waals surface area contributed by atoms with E-state index in [4.69, 9.17) is 13.8 Å². The first kappa shape index (κ1) is 23.8. The minimum Gasteiger partial charge on any atom is -0.456 e. The van der Waals surface area contributed by atoms with Gasteiger partial charge in [0.25, 0.3) is 0 Å². The van der Waals surface area contributed by atoms with Crippen LogP contribution in [-0.2, 0) is 0 Å². The maximum atomic E-state index is 6.42. The van der Waals surface area contributed by atoms with Crippen LogP contribution in [0.5, 0.6) is 0 Å². The molecule has 4 heteroatoms. The molecule has 0 aliphatic heterocycles. The lowest BCUT2D eigenvalue weighted by molar-refractivity contribution is 0.622. The first-order valence-corrected chi connectivity index (χ1v) is 14.4. The van der Waals surface area contributed by atoms with Crippen molar-refractivity contribution in [1.82, 2.24) is 4.98 Å². The van der Waals surface area contributed by atoms with Crippen LogP contribution in [0.1, 0.15) is 0 Å². The van der Waals surface area contributed by atoms with E-state index in [9.17, 15) is 0 Å². The summed E-state index contributed by atoms with van der Waals surface area (Å²) in [5, 5.41) is 6.77. The van der Waals surface area contributed by atoms with E-state index in [1.54, 1.807) is 0 Å². The molecule has 0 aliphatic carbocycles. The summed E-state index contributed by atoms with van der Waals surface area (Å²) in [6.07, 6.45) is 0. The number of para-hydroxylation sites is 1. The predicted octanol–water partition coefficient (Wildman–Crippen LogP) is 11.2. The Balaban J connectivity index is 1.32. The maximum absolute atomic E-state index is 6.42. The zero-order chi connectivity index (χ0) is 28.3. The van der Waals surface area contributed by atoms with Crippen molar-refractivity contribution in [3.05, 3.63) is 146 Å². The number of hydrogen-bond acceptors (Lipinski definition) is 4. The Morgan fingerprint density at radius 1 is 0.488 bits per heavy atom. The molecule has 7 aromatic carbocycles. The highest BCUT2D eigenvalue weighted by atomic mass is 16.4. The van der Waals surface area contributed by atoms with Crippen LogP contribution >= 0.6 is 0 Å². The fourth-order valence-electron chi connectivity index (χ4n) is 6.30. The normalized spacial score (nSPS) is 11.7. The van der Waals surface area contributed by atoms with Gasteiger partial charge >= 0.3 is 0 Å². The molecule has 0 saturated carbocycles. The zero-order valence-electron chi connectivity index (χ0n) is 23.1. The molecule has 0 radical (unpaired) electrons. The lowest BCUT2D eigenvalue weighted by atomic mass is 9.99. The second-order valence-corrected chi connectivity index (χ2v) is 10.8. The average Bonchev–Trinajstić information content (AvgIpc) is 3.67. The van der Waals surface area contributed by atoms with Crippen LogP contribution < -0.4 is 4.90 Å². The number of aromatic nitrogens is 1. The van der Waals surface area contributed by atoms with Crippen molar-refractivity contribution in [2.45, 2.75) is 0 Å². The quantitative estimate of drug-likeness (QED) is 0.204. The SMILES string of the molecule is c1ccc(-c2nc3ccc4oc5ccc(N(c6ccccc6)c6cc7ccccc7c7ccccc67)cc5c4c3o2)cc1. The highest BCUT2D eigenvalue weighted by Crippen LogP contribution is 2.44. The van der Waals surface area contributed by atoms with Gasteiger partial charge in [-0.3, -0.25) is 0 Å². The third kappa shape index (κ3) is 3.74. The zero-order valence-corrected chi connectivity index (χ0v) is 23.1. The Labute approximate surface area is 247 Å². The van der Waals surface area contributed by atoms with Gasteiger partial charge in [-0.25, -0.2) is 4.98 Å². The first-order chi connectivity index (χ1) is 21.3. The van der Waals surface area contributed by atoms with Crippen LogP contribution in [0.15, 0.2) is 154 Å². The Bertz CT molecular complexity index is 2460. The number of nitrogens with zero attached hydrogens (tertiary/aromatic N) is 2. The van der Waals surface area contributed by atoms with E-state index in [2.05, 4.69) is 108 Å². The molecule has 202 valence electrons. The monoisotopic (exact) mass is 552 g/mol. The van der Waals surface area contributed by atoms with Gasteiger partial charge < -0.3 is 13.7 Å². The molecule has 2 heterocycles. The van der Waals surface area contributed by atoms with Gasteiger partial charge in [0.1, 0.15) is 16.7 Å². The van der Waals surface area contributed by atoms with Crippen molar-refractivity contribution in [2.24, 2.45) is 0 Å². The van der Waals surface area contributed by atoms with Crippen molar-refractivity contribution in [3.63, 3.8) is 0 Å². The van der Waals surface area contributed by atoms with Gasteiger partial charge in [0.15, 0.2) is 5.58 Å². The summed E-state index contributed by atoms with van der Waals surface area (Å²) in [7, 11) is 0. The van der Waals surface area contributed by atoms with E-state index < -0.39 is 0 Å². The van der Waals surface area contributed by atoms with Gasteiger partial charge in [-0.1, -0.05) is 84.9 Å². The largest absolute Gasteiger partial charge is 0.456 e. The number of oxazole rings is 1. The summed E-state index contributed by atoms with van der Waals surface area (Å²) < 4.78 is 12.8. The Kier molecular flexibility index (Phi) is 5.16. The molecule has 9 rings (SSSR count). The van der Waals surface area contributed by atoms with Gasteiger partial charge in [0.05, 0.1) is 11.1 Å². The molecule has 0 saturated heterocycles. The lowest BCUT2D eigenvalue weighted by Crippen LogP contribution is -2.10. The average molecular weight is 553 g/mol. The molecule has 0 spiro atoms. The maximum Gasteiger partial charge on any atom is 0.227 e. The van der Waals surface area contributed by atoms with Crippen molar-refractivity contribution >= 4 is 71.6 Å². The number of benzene rings is 7. The van der Waals surface area contributed by atoms with E-state index in [0.717, 1.165) is 55.7 Å². The Morgan fingerprint density at radius 3 is 2.02 bits per heavy atom. The van der Waals surface area contributed by atoms with E-state index in [0.29, 0.717) is 5.89 Å². The van der Waals surface area contributed by atoms with Crippen LogP contribution in [0.2, 0.25) is 0 Å². The first-order valence-electron chi connectivity index (χ1n) is 14.4. The van der Waals surface area contributed by atoms with E-state index in [1.807, 2.05) is 42.5 Å². The number of furan rings is 1. The molecule has 0 bridgehead atoms. The summed E-state index contributed by atoms with van der Waals surface area (Å²) in [6.45, 7) is 0. The van der Waals surface area contributed by atoms with Gasteiger partial charge in [-0.05, 0) is 76.8 Å². The van der Waals surface area contributed by atoms with Gasteiger partial charge in [0, 0.05) is 27.7 Å². The lowest BCUT2D eigenvalue weighted by Gasteiger charge is -2.27. The molecule has 0 atom stereocenters. The minimum atomic E-state index is 0.599. The number of anilines is 3. The van der Waals surface area contributed by atoms with Crippen molar-refractivity contribution < 1.29 is 8.83 Å². The number of hydrogen-bond donors (Lipinski definition) is 0. The predicted molar refractivity (Wildman–Crippen MR) is 176 cm³/mol. The van der Waals surface area contributed by atoms with Crippen LogP contribution in [0.25, 0.3) is 66.0 Å². The summed E-state index contributed by atoms with van der Waals surface area (Å²) >= 11 is 0. The second kappa shape index (κ2) is 9.33. The highest BCUT2D eigenvalue weighted by molar-refractivity contribution is 6.18. The van der Waals surface area contributed by atoms with Gasteiger partial charge in [-0.2, -0.15) is 0 Å². The molecule has 0 amide bonds. The van der Waals surface area contributed by atoms with E-state index in [-0.39, 0.29) is 0 Å². The fourth-order valence-corrected chi connectivity index (χ4v) is 6.30.